The molecule has 5 nitrogen and oxygen atoms in total. The average molecular weight is 272 g/mol. The molecular formula is C15H16N2O3. The number of hydrogen-bond donors (Lipinski definition) is 0. The normalized spacial score (nSPS) is 14.0. The Bertz CT molecular complexity index is 646. The van der Waals surface area contributed by atoms with Crippen LogP contribution in [-0.4, -0.2) is 17.5 Å². The van der Waals surface area contributed by atoms with E-state index in [9.17, 15) is 0 Å². The van der Waals surface area contributed by atoms with Crippen molar-refractivity contribution >= 4 is 5.71 Å². The Labute approximate surface area is 117 Å². The van der Waals surface area contributed by atoms with Gasteiger partial charge in [-0.1, -0.05) is 10.3 Å². The van der Waals surface area contributed by atoms with Gasteiger partial charge in [-0.15, -0.1) is 0 Å². The van der Waals surface area contributed by atoms with Gasteiger partial charge in [-0.05, 0) is 43.2 Å². The van der Waals surface area contributed by atoms with Gasteiger partial charge in [0.05, 0.1) is 18.0 Å². The Hall–Kier alpha value is -2.30. The van der Waals surface area contributed by atoms with Gasteiger partial charge in [0, 0.05) is 12.5 Å². The number of ether oxygens (including phenoxy) is 1. The third kappa shape index (κ3) is 2.66. The molecule has 104 valence electrons. The summed E-state index contributed by atoms with van der Waals surface area (Å²) in [5.41, 5.74) is 3.93. The van der Waals surface area contributed by atoms with Crippen LogP contribution in [-0.2, 0) is 17.9 Å². The summed E-state index contributed by atoms with van der Waals surface area (Å²) in [6.45, 7) is 4.83. The Balaban J connectivity index is 1.65. The maximum absolute atomic E-state index is 5.48. The maximum Gasteiger partial charge on any atom is 0.177 e. The van der Waals surface area contributed by atoms with E-state index in [2.05, 4.69) is 16.4 Å². The molecule has 1 aromatic carbocycles. The third-order valence-electron chi connectivity index (χ3n) is 3.19. The van der Waals surface area contributed by atoms with Gasteiger partial charge in [-0.25, -0.2) is 0 Å². The number of hydrogen-bond acceptors (Lipinski definition) is 5. The molecule has 0 amide bonds. The molecule has 1 aliphatic heterocycles. The smallest absolute Gasteiger partial charge is 0.177 e. The van der Waals surface area contributed by atoms with Crippen LogP contribution < -0.4 is 4.74 Å². The van der Waals surface area contributed by atoms with Crippen LogP contribution in [0.25, 0.3) is 0 Å². The molecule has 0 saturated heterocycles. The SMILES string of the molecule is C/C(=N\OCc1cc(C)no1)c1ccc2c(c1)CCO2. The van der Waals surface area contributed by atoms with Crippen LogP contribution >= 0.6 is 0 Å². The molecule has 2 aromatic rings. The van der Waals surface area contributed by atoms with Crippen LogP contribution in [0.2, 0.25) is 0 Å². The van der Waals surface area contributed by atoms with E-state index in [1.165, 1.54) is 5.56 Å². The van der Waals surface area contributed by atoms with Crippen LogP contribution in [0.5, 0.6) is 5.75 Å². The molecule has 0 radical (unpaired) electrons. The van der Waals surface area contributed by atoms with Gasteiger partial charge in [0.2, 0.25) is 0 Å². The lowest BCUT2D eigenvalue weighted by molar-refractivity contribution is 0.109. The lowest BCUT2D eigenvalue weighted by Gasteiger charge is -2.03. The second-order valence-corrected chi connectivity index (χ2v) is 4.81. The first-order chi connectivity index (χ1) is 9.72. The highest BCUT2D eigenvalue weighted by Crippen LogP contribution is 2.26. The van der Waals surface area contributed by atoms with Gasteiger partial charge in [-0.2, -0.15) is 0 Å². The maximum atomic E-state index is 5.48. The van der Waals surface area contributed by atoms with Crippen LogP contribution in [0.15, 0.2) is 33.9 Å². The second-order valence-electron chi connectivity index (χ2n) is 4.81. The summed E-state index contributed by atoms with van der Waals surface area (Å²) < 4.78 is 10.5. The van der Waals surface area contributed by atoms with Crippen LogP contribution in [0.1, 0.15) is 29.5 Å². The lowest BCUT2D eigenvalue weighted by atomic mass is 10.1. The number of fused-ring (bicyclic) bond motifs is 1. The largest absolute Gasteiger partial charge is 0.493 e. The molecule has 1 aromatic heterocycles. The molecule has 2 heterocycles. The summed E-state index contributed by atoms with van der Waals surface area (Å²) in [5, 5.41) is 7.91. The number of aromatic nitrogens is 1. The molecule has 0 aliphatic carbocycles. The Morgan fingerprint density at radius 3 is 3.10 bits per heavy atom. The Kier molecular flexibility index (Phi) is 3.41. The van der Waals surface area contributed by atoms with Gasteiger partial charge in [-0.3, -0.25) is 0 Å². The molecule has 5 heteroatoms. The molecule has 0 atom stereocenters. The summed E-state index contributed by atoms with van der Waals surface area (Å²) >= 11 is 0. The predicted octanol–water partition coefficient (Wildman–Crippen LogP) is 2.86. The summed E-state index contributed by atoms with van der Waals surface area (Å²) in [6.07, 6.45) is 0.953. The van der Waals surface area contributed by atoms with E-state index in [1.807, 2.05) is 32.0 Å². The molecule has 0 spiro atoms. The minimum Gasteiger partial charge on any atom is -0.493 e. The quantitative estimate of drug-likeness (QED) is 0.634. The van der Waals surface area contributed by atoms with Crippen LogP contribution in [0.4, 0.5) is 0 Å². The fourth-order valence-corrected chi connectivity index (χ4v) is 2.14. The first-order valence-corrected chi connectivity index (χ1v) is 6.57. The van der Waals surface area contributed by atoms with Gasteiger partial charge in [0.15, 0.2) is 12.4 Å². The number of nitrogens with zero attached hydrogens (tertiary/aromatic N) is 2. The van der Waals surface area contributed by atoms with Gasteiger partial charge in [0.1, 0.15) is 5.75 Å². The second kappa shape index (κ2) is 5.36. The van der Waals surface area contributed by atoms with Gasteiger partial charge in [0.25, 0.3) is 0 Å². The van der Waals surface area contributed by atoms with Crippen molar-refractivity contribution in [2.75, 3.05) is 6.61 Å². The molecular weight excluding hydrogens is 256 g/mol. The number of aryl methyl sites for hydroxylation is 1. The van der Waals surface area contributed by atoms with Gasteiger partial charge >= 0.3 is 0 Å². The Morgan fingerprint density at radius 1 is 1.40 bits per heavy atom. The topological polar surface area (TPSA) is 56.9 Å². The molecule has 0 bridgehead atoms. The van der Waals surface area contributed by atoms with E-state index in [0.717, 1.165) is 35.7 Å². The minimum atomic E-state index is 0.284. The van der Waals surface area contributed by atoms with E-state index in [1.54, 1.807) is 0 Å². The van der Waals surface area contributed by atoms with Crippen molar-refractivity contribution in [1.29, 1.82) is 0 Å². The van der Waals surface area contributed by atoms with Crippen LogP contribution in [0.3, 0.4) is 0 Å². The van der Waals surface area contributed by atoms with Crippen molar-refractivity contribution in [3.63, 3.8) is 0 Å². The zero-order valence-electron chi connectivity index (χ0n) is 11.5. The van der Waals surface area contributed by atoms with Crippen molar-refractivity contribution in [3.05, 3.63) is 46.8 Å². The van der Waals surface area contributed by atoms with Crippen molar-refractivity contribution in [3.8, 4) is 5.75 Å². The van der Waals surface area contributed by atoms with E-state index in [-0.39, 0.29) is 6.61 Å². The number of benzene rings is 1. The number of oxime groups is 1. The molecule has 0 unspecified atom stereocenters. The summed E-state index contributed by atoms with van der Waals surface area (Å²) in [5.74, 6) is 1.64. The number of rotatable bonds is 4. The monoisotopic (exact) mass is 272 g/mol. The summed E-state index contributed by atoms with van der Waals surface area (Å²) in [6, 6.07) is 7.90. The minimum absolute atomic E-state index is 0.284. The van der Waals surface area contributed by atoms with Crippen LogP contribution in [0, 0.1) is 6.92 Å². The molecule has 20 heavy (non-hydrogen) atoms. The molecule has 1 aliphatic rings. The van der Waals surface area contributed by atoms with Crippen molar-refractivity contribution < 1.29 is 14.1 Å². The average Bonchev–Trinajstić information content (AvgIpc) is 3.06. The fourth-order valence-electron chi connectivity index (χ4n) is 2.14. The third-order valence-corrected chi connectivity index (χ3v) is 3.19. The van der Waals surface area contributed by atoms with E-state index in [4.69, 9.17) is 14.1 Å². The first kappa shape index (κ1) is 12.7. The van der Waals surface area contributed by atoms with E-state index < -0.39 is 0 Å². The first-order valence-electron chi connectivity index (χ1n) is 6.57. The lowest BCUT2D eigenvalue weighted by Crippen LogP contribution is -1.97. The fraction of sp³-hybridized carbons (Fsp3) is 0.333. The Morgan fingerprint density at radius 2 is 2.30 bits per heavy atom. The molecule has 0 N–H and O–H groups in total. The van der Waals surface area contributed by atoms with Crippen molar-refractivity contribution in [1.82, 2.24) is 5.16 Å². The molecule has 0 fully saturated rings. The standard InChI is InChI=1S/C15H16N2O3/c1-10-7-14(20-16-10)9-19-17-11(2)12-3-4-15-13(8-12)5-6-18-15/h3-4,7-8H,5-6,9H2,1-2H3/b17-11+. The highest BCUT2D eigenvalue weighted by Gasteiger charge is 2.13. The highest BCUT2D eigenvalue weighted by atomic mass is 16.6. The predicted molar refractivity (Wildman–Crippen MR) is 73.9 cm³/mol. The summed E-state index contributed by atoms with van der Waals surface area (Å²) in [7, 11) is 0. The molecule has 3 rings (SSSR count). The van der Waals surface area contributed by atoms with E-state index >= 15 is 0 Å². The van der Waals surface area contributed by atoms with Crippen molar-refractivity contribution in [2.45, 2.75) is 26.9 Å². The zero-order valence-corrected chi connectivity index (χ0v) is 11.5. The highest BCUT2D eigenvalue weighted by molar-refractivity contribution is 5.98. The molecule has 0 saturated carbocycles. The zero-order chi connectivity index (χ0) is 13.9. The van der Waals surface area contributed by atoms with Gasteiger partial charge < -0.3 is 14.1 Å². The van der Waals surface area contributed by atoms with Crippen molar-refractivity contribution in [2.24, 2.45) is 5.16 Å². The van der Waals surface area contributed by atoms with E-state index in [0.29, 0.717) is 5.76 Å². The summed E-state index contributed by atoms with van der Waals surface area (Å²) in [4.78, 5) is 5.29.